The van der Waals surface area contributed by atoms with E-state index >= 15 is 0 Å². The lowest BCUT2D eigenvalue weighted by atomic mass is 10.3. The standard InChI is InChI=1S/C6H15N3/c1-9-5-4-8-6(9)2-3-7/h6,8H,2-5,7H2,1H3. The molecule has 0 aliphatic carbocycles. The lowest BCUT2D eigenvalue weighted by Crippen LogP contribution is -2.34. The molecule has 1 saturated heterocycles. The Hall–Kier alpha value is -0.120. The molecule has 3 nitrogen and oxygen atoms in total. The molecule has 1 aliphatic rings. The number of hydrogen-bond donors (Lipinski definition) is 2. The largest absolute Gasteiger partial charge is 0.330 e. The van der Waals surface area contributed by atoms with Crippen molar-refractivity contribution >= 4 is 0 Å². The van der Waals surface area contributed by atoms with Crippen LogP contribution in [0.1, 0.15) is 6.42 Å². The molecular formula is C6H15N3. The lowest BCUT2D eigenvalue weighted by Gasteiger charge is -2.17. The summed E-state index contributed by atoms with van der Waals surface area (Å²) in [5, 5.41) is 3.35. The van der Waals surface area contributed by atoms with Gasteiger partial charge in [-0.25, -0.2) is 0 Å². The van der Waals surface area contributed by atoms with Gasteiger partial charge in [0.15, 0.2) is 0 Å². The average molecular weight is 129 g/mol. The van der Waals surface area contributed by atoms with E-state index in [0.29, 0.717) is 6.17 Å². The van der Waals surface area contributed by atoms with Crippen LogP contribution in [0.2, 0.25) is 0 Å². The van der Waals surface area contributed by atoms with E-state index in [-0.39, 0.29) is 0 Å². The summed E-state index contributed by atoms with van der Waals surface area (Å²) in [6.07, 6.45) is 1.60. The van der Waals surface area contributed by atoms with E-state index < -0.39 is 0 Å². The summed E-state index contributed by atoms with van der Waals surface area (Å²) in [4.78, 5) is 2.30. The van der Waals surface area contributed by atoms with Crippen LogP contribution >= 0.6 is 0 Å². The Kier molecular flexibility index (Phi) is 2.45. The number of nitrogens with zero attached hydrogens (tertiary/aromatic N) is 1. The van der Waals surface area contributed by atoms with Crippen molar-refractivity contribution < 1.29 is 0 Å². The monoisotopic (exact) mass is 129 g/mol. The smallest absolute Gasteiger partial charge is 0.0607 e. The van der Waals surface area contributed by atoms with Gasteiger partial charge in [0, 0.05) is 13.1 Å². The van der Waals surface area contributed by atoms with Gasteiger partial charge in [-0.05, 0) is 20.0 Å². The van der Waals surface area contributed by atoms with Crippen molar-refractivity contribution in [1.29, 1.82) is 0 Å². The van der Waals surface area contributed by atoms with Crippen molar-refractivity contribution in [3.63, 3.8) is 0 Å². The topological polar surface area (TPSA) is 41.3 Å². The Morgan fingerprint density at radius 2 is 2.56 bits per heavy atom. The van der Waals surface area contributed by atoms with Crippen molar-refractivity contribution in [2.75, 3.05) is 26.7 Å². The number of rotatable bonds is 2. The van der Waals surface area contributed by atoms with Gasteiger partial charge in [0.25, 0.3) is 0 Å². The van der Waals surface area contributed by atoms with E-state index in [1.807, 2.05) is 0 Å². The van der Waals surface area contributed by atoms with Crippen LogP contribution in [0.25, 0.3) is 0 Å². The van der Waals surface area contributed by atoms with E-state index in [1.165, 1.54) is 0 Å². The fourth-order valence-corrected chi connectivity index (χ4v) is 1.20. The molecule has 1 aliphatic heterocycles. The highest BCUT2D eigenvalue weighted by atomic mass is 15.3. The van der Waals surface area contributed by atoms with Crippen LogP contribution in [0.4, 0.5) is 0 Å². The Morgan fingerprint density at radius 1 is 1.78 bits per heavy atom. The van der Waals surface area contributed by atoms with Gasteiger partial charge in [0.05, 0.1) is 6.17 Å². The maximum absolute atomic E-state index is 5.40. The molecule has 1 rings (SSSR count). The zero-order valence-corrected chi connectivity index (χ0v) is 5.93. The van der Waals surface area contributed by atoms with Gasteiger partial charge >= 0.3 is 0 Å². The molecule has 1 heterocycles. The van der Waals surface area contributed by atoms with Crippen molar-refractivity contribution in [1.82, 2.24) is 10.2 Å². The number of nitrogens with two attached hydrogens (primary N) is 1. The summed E-state index contributed by atoms with van der Waals surface area (Å²) in [6.45, 7) is 3.05. The third-order valence-electron chi connectivity index (χ3n) is 1.82. The van der Waals surface area contributed by atoms with E-state index in [2.05, 4.69) is 17.3 Å². The van der Waals surface area contributed by atoms with E-state index in [1.54, 1.807) is 0 Å². The molecule has 0 spiro atoms. The first-order chi connectivity index (χ1) is 4.34. The summed E-state index contributed by atoms with van der Waals surface area (Å²) in [6, 6.07) is 0. The predicted octanol–water partition coefficient (Wildman–Crippen LogP) is -0.804. The van der Waals surface area contributed by atoms with Crippen LogP contribution in [0.3, 0.4) is 0 Å². The summed E-state index contributed by atoms with van der Waals surface area (Å²) in [5.41, 5.74) is 5.40. The maximum Gasteiger partial charge on any atom is 0.0607 e. The number of likely N-dealkylation sites (N-methyl/N-ethyl adjacent to an activating group) is 1. The molecule has 0 amide bonds. The van der Waals surface area contributed by atoms with Gasteiger partial charge < -0.3 is 11.1 Å². The molecule has 0 saturated carbocycles. The molecule has 1 fully saturated rings. The van der Waals surface area contributed by atoms with Crippen LogP contribution in [-0.2, 0) is 0 Å². The minimum Gasteiger partial charge on any atom is -0.330 e. The molecule has 3 N–H and O–H groups in total. The Bertz CT molecular complexity index is 84.4. The van der Waals surface area contributed by atoms with Gasteiger partial charge in [-0.1, -0.05) is 0 Å². The fourth-order valence-electron chi connectivity index (χ4n) is 1.20. The third kappa shape index (κ3) is 1.64. The molecule has 0 aromatic carbocycles. The van der Waals surface area contributed by atoms with Crippen molar-refractivity contribution in [2.45, 2.75) is 12.6 Å². The van der Waals surface area contributed by atoms with Gasteiger partial charge in [0.1, 0.15) is 0 Å². The van der Waals surface area contributed by atoms with Crippen LogP contribution in [0.5, 0.6) is 0 Å². The quantitative estimate of drug-likeness (QED) is 0.512. The van der Waals surface area contributed by atoms with E-state index in [0.717, 1.165) is 26.1 Å². The zero-order chi connectivity index (χ0) is 6.69. The second kappa shape index (κ2) is 3.15. The van der Waals surface area contributed by atoms with Gasteiger partial charge in [0.2, 0.25) is 0 Å². The molecule has 0 aromatic rings. The van der Waals surface area contributed by atoms with Gasteiger partial charge in [-0.3, -0.25) is 4.90 Å². The van der Waals surface area contributed by atoms with Gasteiger partial charge in [-0.2, -0.15) is 0 Å². The first kappa shape index (κ1) is 6.99. The highest BCUT2D eigenvalue weighted by molar-refractivity contribution is 4.74. The highest BCUT2D eigenvalue weighted by Gasteiger charge is 2.17. The second-order valence-electron chi connectivity index (χ2n) is 2.53. The second-order valence-corrected chi connectivity index (χ2v) is 2.53. The Labute approximate surface area is 56.2 Å². The van der Waals surface area contributed by atoms with Crippen molar-refractivity contribution in [3.05, 3.63) is 0 Å². The van der Waals surface area contributed by atoms with Gasteiger partial charge in [-0.15, -0.1) is 0 Å². The summed E-state index contributed by atoms with van der Waals surface area (Å²) < 4.78 is 0. The lowest BCUT2D eigenvalue weighted by molar-refractivity contribution is 0.283. The summed E-state index contributed by atoms with van der Waals surface area (Å²) in [7, 11) is 2.13. The van der Waals surface area contributed by atoms with Crippen molar-refractivity contribution in [3.8, 4) is 0 Å². The molecule has 0 bridgehead atoms. The SMILES string of the molecule is CN1CCNC1CCN. The minimum absolute atomic E-state index is 0.537. The fraction of sp³-hybridized carbons (Fsp3) is 1.00. The van der Waals surface area contributed by atoms with Crippen molar-refractivity contribution in [2.24, 2.45) is 5.73 Å². The number of hydrogen-bond acceptors (Lipinski definition) is 3. The van der Waals surface area contributed by atoms with Crippen LogP contribution in [0.15, 0.2) is 0 Å². The van der Waals surface area contributed by atoms with Crippen LogP contribution in [-0.4, -0.2) is 37.7 Å². The molecule has 9 heavy (non-hydrogen) atoms. The first-order valence-electron chi connectivity index (χ1n) is 3.48. The summed E-state index contributed by atoms with van der Waals surface area (Å²) >= 11 is 0. The molecule has 1 atom stereocenters. The zero-order valence-electron chi connectivity index (χ0n) is 5.93. The molecule has 0 radical (unpaired) electrons. The highest BCUT2D eigenvalue weighted by Crippen LogP contribution is 2.01. The molecule has 54 valence electrons. The normalized spacial score (nSPS) is 29.3. The molecule has 0 aromatic heterocycles. The van der Waals surface area contributed by atoms with Crippen LogP contribution < -0.4 is 11.1 Å². The molecule has 3 heteroatoms. The van der Waals surface area contributed by atoms with Crippen LogP contribution in [0, 0.1) is 0 Å². The molecular weight excluding hydrogens is 114 g/mol. The molecule has 1 unspecified atom stereocenters. The predicted molar refractivity (Wildman–Crippen MR) is 38.1 cm³/mol. The first-order valence-corrected chi connectivity index (χ1v) is 3.48. The van der Waals surface area contributed by atoms with E-state index in [9.17, 15) is 0 Å². The Balaban J connectivity index is 2.22. The summed E-state index contributed by atoms with van der Waals surface area (Å²) in [5.74, 6) is 0. The third-order valence-corrected chi connectivity index (χ3v) is 1.82. The maximum atomic E-state index is 5.40. The number of nitrogens with one attached hydrogen (secondary N) is 1. The minimum atomic E-state index is 0.537. The van der Waals surface area contributed by atoms with E-state index in [4.69, 9.17) is 5.73 Å². The average Bonchev–Trinajstić information content (AvgIpc) is 2.18. The Morgan fingerprint density at radius 3 is 3.00 bits per heavy atom.